The van der Waals surface area contributed by atoms with Crippen LogP contribution in [-0.4, -0.2) is 34.7 Å². The average molecular weight is 302 g/mol. The second kappa shape index (κ2) is 6.85. The molecule has 2 aromatic carbocycles. The van der Waals surface area contributed by atoms with Crippen LogP contribution < -0.4 is 18.9 Å². The molecule has 0 aromatic heterocycles. The molecular formula is C17H18O5. The summed E-state index contributed by atoms with van der Waals surface area (Å²) >= 11 is 0. The summed E-state index contributed by atoms with van der Waals surface area (Å²) < 4.78 is 21.3. The first kappa shape index (κ1) is 15.7. The predicted octanol–water partition coefficient (Wildman–Crippen LogP) is 3.20. The molecule has 0 unspecified atom stereocenters. The molecule has 0 bridgehead atoms. The summed E-state index contributed by atoms with van der Waals surface area (Å²) in [5.74, 6) is 2.07. The fourth-order valence-electron chi connectivity index (χ4n) is 2.32. The first-order valence-electron chi connectivity index (χ1n) is 6.62. The number of methoxy groups -OCH3 is 4. The quantitative estimate of drug-likeness (QED) is 0.767. The number of carbonyl (C=O) groups excluding carboxylic acids is 1. The first-order chi connectivity index (χ1) is 10.7. The van der Waals surface area contributed by atoms with Crippen LogP contribution in [0, 0.1) is 0 Å². The third-order valence-electron chi connectivity index (χ3n) is 3.37. The lowest BCUT2D eigenvalue weighted by molar-refractivity contribution is 0.112. The second-order valence-electron chi connectivity index (χ2n) is 4.46. The van der Waals surface area contributed by atoms with Gasteiger partial charge in [-0.25, -0.2) is 0 Å². The third kappa shape index (κ3) is 2.70. The Bertz CT molecular complexity index is 662. The van der Waals surface area contributed by atoms with Gasteiger partial charge in [0.05, 0.1) is 28.4 Å². The van der Waals surface area contributed by atoms with E-state index >= 15 is 0 Å². The Balaban J connectivity index is 2.73. The molecule has 5 heteroatoms. The molecule has 116 valence electrons. The van der Waals surface area contributed by atoms with Crippen LogP contribution in [0.5, 0.6) is 23.0 Å². The van der Waals surface area contributed by atoms with Gasteiger partial charge < -0.3 is 18.9 Å². The highest BCUT2D eigenvalue weighted by Gasteiger charge is 2.21. The topological polar surface area (TPSA) is 54.0 Å². The smallest absolute Gasteiger partial charge is 0.203 e. The van der Waals surface area contributed by atoms with Gasteiger partial charge in [0.25, 0.3) is 0 Å². The van der Waals surface area contributed by atoms with Crippen LogP contribution >= 0.6 is 0 Å². The van der Waals surface area contributed by atoms with Crippen LogP contribution in [0.2, 0.25) is 0 Å². The van der Waals surface area contributed by atoms with Crippen molar-refractivity contribution >= 4 is 6.29 Å². The van der Waals surface area contributed by atoms with Crippen molar-refractivity contribution in [3.8, 4) is 34.1 Å². The Hall–Kier alpha value is -2.69. The molecule has 0 amide bonds. The zero-order valence-electron chi connectivity index (χ0n) is 13.0. The fourth-order valence-corrected chi connectivity index (χ4v) is 2.32. The third-order valence-corrected chi connectivity index (χ3v) is 3.37. The molecule has 0 aliphatic carbocycles. The van der Waals surface area contributed by atoms with Crippen LogP contribution in [0.1, 0.15) is 10.4 Å². The molecule has 0 radical (unpaired) electrons. The summed E-state index contributed by atoms with van der Waals surface area (Å²) in [5.41, 5.74) is 1.93. The van der Waals surface area contributed by atoms with E-state index in [4.69, 9.17) is 18.9 Å². The normalized spacial score (nSPS) is 10.0. The standard InChI is InChI=1S/C17H18O5/c1-19-13-7-5-11(6-8-13)15-12(10-18)9-14(20-2)16(21-3)17(15)22-4/h5-10H,1-4H3. The minimum Gasteiger partial charge on any atom is -0.497 e. The maximum atomic E-state index is 11.5. The van der Waals surface area contributed by atoms with Gasteiger partial charge in [0.15, 0.2) is 17.8 Å². The molecular weight excluding hydrogens is 284 g/mol. The summed E-state index contributed by atoms with van der Waals surface area (Å²) in [6, 6.07) is 8.99. The van der Waals surface area contributed by atoms with Crippen molar-refractivity contribution in [3.05, 3.63) is 35.9 Å². The minimum absolute atomic E-state index is 0.443. The number of hydrogen-bond donors (Lipinski definition) is 0. The van der Waals surface area contributed by atoms with E-state index in [0.717, 1.165) is 17.6 Å². The molecule has 0 heterocycles. The van der Waals surface area contributed by atoms with Crippen LogP contribution in [-0.2, 0) is 0 Å². The highest BCUT2D eigenvalue weighted by atomic mass is 16.5. The van der Waals surface area contributed by atoms with E-state index in [1.807, 2.05) is 24.3 Å². The molecule has 0 saturated carbocycles. The van der Waals surface area contributed by atoms with E-state index in [2.05, 4.69) is 0 Å². The van der Waals surface area contributed by atoms with Crippen molar-refractivity contribution in [1.29, 1.82) is 0 Å². The van der Waals surface area contributed by atoms with Crippen LogP contribution in [0.25, 0.3) is 11.1 Å². The maximum absolute atomic E-state index is 11.5. The van der Waals surface area contributed by atoms with Crippen LogP contribution in [0.4, 0.5) is 0 Å². The van der Waals surface area contributed by atoms with Gasteiger partial charge in [-0.3, -0.25) is 4.79 Å². The zero-order valence-corrected chi connectivity index (χ0v) is 13.0. The minimum atomic E-state index is 0.443. The number of benzene rings is 2. The summed E-state index contributed by atoms with van der Waals surface area (Å²) in [5, 5.41) is 0. The van der Waals surface area contributed by atoms with Gasteiger partial charge in [-0.2, -0.15) is 0 Å². The van der Waals surface area contributed by atoms with Crippen molar-refractivity contribution in [3.63, 3.8) is 0 Å². The molecule has 0 atom stereocenters. The van der Waals surface area contributed by atoms with Gasteiger partial charge in [0.1, 0.15) is 5.75 Å². The van der Waals surface area contributed by atoms with E-state index in [1.165, 1.54) is 21.3 Å². The second-order valence-corrected chi connectivity index (χ2v) is 4.46. The van der Waals surface area contributed by atoms with Crippen molar-refractivity contribution in [2.75, 3.05) is 28.4 Å². The Morgan fingerprint density at radius 3 is 1.91 bits per heavy atom. The monoisotopic (exact) mass is 302 g/mol. The van der Waals surface area contributed by atoms with Crippen molar-refractivity contribution in [2.45, 2.75) is 0 Å². The summed E-state index contributed by atoms with van der Waals surface area (Å²) in [6.07, 6.45) is 0.768. The van der Waals surface area contributed by atoms with Gasteiger partial charge >= 0.3 is 0 Å². The molecule has 22 heavy (non-hydrogen) atoms. The maximum Gasteiger partial charge on any atom is 0.203 e. The Morgan fingerprint density at radius 1 is 0.818 bits per heavy atom. The number of carbonyl (C=O) groups is 1. The molecule has 0 N–H and O–H groups in total. The summed E-state index contributed by atoms with van der Waals surface area (Å²) in [7, 11) is 6.17. The lowest BCUT2D eigenvalue weighted by Crippen LogP contribution is -2.00. The van der Waals surface area contributed by atoms with Crippen molar-refractivity contribution in [2.24, 2.45) is 0 Å². The van der Waals surface area contributed by atoms with Crippen LogP contribution in [0.3, 0.4) is 0 Å². The largest absolute Gasteiger partial charge is 0.497 e. The van der Waals surface area contributed by atoms with Crippen molar-refractivity contribution < 1.29 is 23.7 Å². The van der Waals surface area contributed by atoms with Gasteiger partial charge in [-0.05, 0) is 23.8 Å². The average Bonchev–Trinajstić information content (AvgIpc) is 2.59. The summed E-state index contributed by atoms with van der Waals surface area (Å²) in [4.78, 5) is 11.5. The molecule has 0 aliphatic rings. The molecule has 2 rings (SSSR count). The fraction of sp³-hybridized carbons (Fsp3) is 0.235. The lowest BCUT2D eigenvalue weighted by Gasteiger charge is -2.18. The SMILES string of the molecule is COc1ccc(-c2c(C=O)cc(OC)c(OC)c2OC)cc1. The molecule has 5 nitrogen and oxygen atoms in total. The zero-order chi connectivity index (χ0) is 16.1. The highest BCUT2D eigenvalue weighted by molar-refractivity contribution is 5.93. The summed E-state index contributed by atoms with van der Waals surface area (Å²) in [6.45, 7) is 0. The van der Waals surface area contributed by atoms with E-state index in [9.17, 15) is 4.79 Å². The van der Waals surface area contributed by atoms with E-state index in [-0.39, 0.29) is 0 Å². The number of ether oxygens (including phenoxy) is 4. The predicted molar refractivity (Wildman–Crippen MR) is 83.5 cm³/mol. The number of hydrogen-bond acceptors (Lipinski definition) is 5. The molecule has 0 spiro atoms. The lowest BCUT2D eigenvalue weighted by atomic mass is 9.98. The number of rotatable bonds is 6. The van der Waals surface area contributed by atoms with E-state index in [1.54, 1.807) is 13.2 Å². The first-order valence-corrected chi connectivity index (χ1v) is 6.62. The molecule has 0 saturated heterocycles. The Kier molecular flexibility index (Phi) is 4.88. The number of aldehydes is 1. The molecule has 2 aromatic rings. The van der Waals surface area contributed by atoms with E-state index < -0.39 is 0 Å². The Morgan fingerprint density at radius 2 is 1.45 bits per heavy atom. The van der Waals surface area contributed by atoms with Gasteiger partial charge in [0.2, 0.25) is 5.75 Å². The van der Waals surface area contributed by atoms with Gasteiger partial charge in [0, 0.05) is 11.1 Å². The van der Waals surface area contributed by atoms with Crippen LogP contribution in [0.15, 0.2) is 30.3 Å². The molecule has 0 fully saturated rings. The molecule has 0 aliphatic heterocycles. The van der Waals surface area contributed by atoms with E-state index in [0.29, 0.717) is 28.4 Å². The van der Waals surface area contributed by atoms with Crippen molar-refractivity contribution in [1.82, 2.24) is 0 Å². The van der Waals surface area contributed by atoms with Gasteiger partial charge in [-0.1, -0.05) is 12.1 Å². The Labute approximate surface area is 129 Å². The highest BCUT2D eigenvalue weighted by Crippen LogP contribution is 2.46. The van der Waals surface area contributed by atoms with Gasteiger partial charge in [-0.15, -0.1) is 0 Å².